The van der Waals surface area contributed by atoms with Gasteiger partial charge >= 0.3 is 5.97 Å². The molecule has 0 amide bonds. The summed E-state index contributed by atoms with van der Waals surface area (Å²) in [7, 11) is 0. The average molecular weight is 196 g/mol. The van der Waals surface area contributed by atoms with Crippen LogP contribution in [0.2, 0.25) is 0 Å². The van der Waals surface area contributed by atoms with Gasteiger partial charge in [-0.1, -0.05) is 20.8 Å². The fraction of sp³-hybridized carbons (Fsp3) is 0.400. The Bertz CT molecular complexity index is 368. The Labute approximate surface area is 81.5 Å². The Morgan fingerprint density at radius 1 is 1.36 bits per heavy atom. The Hall–Kier alpha value is -1.58. The lowest BCUT2D eigenvalue weighted by Gasteiger charge is -2.14. The molecule has 0 aliphatic rings. The molecule has 0 unspecified atom stereocenters. The average Bonchev–Trinajstić information content (AvgIpc) is 2.48. The first-order valence-electron chi connectivity index (χ1n) is 4.19. The van der Waals surface area contributed by atoms with Gasteiger partial charge in [-0.15, -0.1) is 0 Å². The lowest BCUT2D eigenvalue weighted by molar-refractivity contribution is 0.0682. The number of carbonyl (C=O) groups excluding carboxylic acids is 1. The van der Waals surface area contributed by atoms with Crippen LogP contribution in [0.5, 0.6) is 0 Å². The summed E-state index contributed by atoms with van der Waals surface area (Å²) in [5.41, 5.74) is -0.716. The van der Waals surface area contributed by atoms with Gasteiger partial charge in [0.15, 0.2) is 5.76 Å². The summed E-state index contributed by atoms with van der Waals surface area (Å²) in [4.78, 5) is 22.4. The van der Waals surface area contributed by atoms with E-state index in [0.717, 1.165) is 0 Å². The monoisotopic (exact) mass is 196 g/mol. The number of furan rings is 1. The van der Waals surface area contributed by atoms with E-state index in [4.69, 9.17) is 9.52 Å². The second kappa shape index (κ2) is 3.29. The number of hydrogen-bond donors (Lipinski definition) is 1. The summed E-state index contributed by atoms with van der Waals surface area (Å²) in [6.07, 6.45) is 1.21. The molecular formula is C10H12O4. The van der Waals surface area contributed by atoms with Crippen molar-refractivity contribution < 1.29 is 19.1 Å². The Morgan fingerprint density at radius 3 is 2.36 bits per heavy atom. The van der Waals surface area contributed by atoms with Crippen molar-refractivity contribution in [2.24, 2.45) is 5.41 Å². The van der Waals surface area contributed by atoms with E-state index in [-0.39, 0.29) is 17.1 Å². The smallest absolute Gasteiger partial charge is 0.339 e. The predicted octanol–water partition coefficient (Wildman–Crippen LogP) is 2.21. The van der Waals surface area contributed by atoms with Crippen molar-refractivity contribution in [1.82, 2.24) is 0 Å². The van der Waals surface area contributed by atoms with Gasteiger partial charge in [0.25, 0.3) is 0 Å². The van der Waals surface area contributed by atoms with Crippen LogP contribution in [0.1, 0.15) is 41.7 Å². The minimum atomic E-state index is -1.15. The van der Waals surface area contributed by atoms with Crippen molar-refractivity contribution in [1.29, 1.82) is 0 Å². The predicted molar refractivity (Wildman–Crippen MR) is 49.5 cm³/mol. The van der Waals surface area contributed by atoms with Crippen LogP contribution in [0.25, 0.3) is 0 Å². The van der Waals surface area contributed by atoms with Gasteiger partial charge in [-0.2, -0.15) is 0 Å². The molecule has 0 aliphatic heterocycles. The summed E-state index contributed by atoms with van der Waals surface area (Å²) in [5, 5.41) is 8.76. The van der Waals surface area contributed by atoms with Gasteiger partial charge in [-0.05, 0) is 6.07 Å². The number of carboxylic acid groups (broad SMARTS) is 1. The van der Waals surface area contributed by atoms with Crippen LogP contribution in [0.4, 0.5) is 0 Å². The van der Waals surface area contributed by atoms with E-state index >= 15 is 0 Å². The molecule has 1 aromatic rings. The molecule has 0 saturated carbocycles. The standard InChI is InChI=1S/C10H12O4/c1-10(2,3)8(11)7-6(9(12)13)4-5-14-7/h4-5H,1-3H3,(H,12,13). The highest BCUT2D eigenvalue weighted by atomic mass is 16.4. The zero-order valence-corrected chi connectivity index (χ0v) is 8.33. The maximum absolute atomic E-state index is 11.7. The maximum atomic E-state index is 11.7. The second-order valence-corrected chi connectivity index (χ2v) is 4.05. The first-order chi connectivity index (χ1) is 6.34. The van der Waals surface area contributed by atoms with E-state index in [1.807, 2.05) is 0 Å². The molecule has 0 atom stereocenters. The molecule has 4 nitrogen and oxygen atoms in total. The molecule has 1 aromatic heterocycles. The molecule has 0 fully saturated rings. The number of aromatic carboxylic acids is 1. The Morgan fingerprint density at radius 2 is 1.93 bits per heavy atom. The minimum absolute atomic E-state index is 0.0787. The molecule has 0 bridgehead atoms. The SMILES string of the molecule is CC(C)(C)C(=O)c1occc1C(=O)O. The lowest BCUT2D eigenvalue weighted by Crippen LogP contribution is -2.21. The van der Waals surface area contributed by atoms with Gasteiger partial charge in [0, 0.05) is 5.41 Å². The highest BCUT2D eigenvalue weighted by Crippen LogP contribution is 2.23. The third-order valence-corrected chi connectivity index (χ3v) is 1.78. The normalized spacial score (nSPS) is 11.4. The number of carboxylic acids is 1. The van der Waals surface area contributed by atoms with E-state index in [1.165, 1.54) is 12.3 Å². The molecule has 0 aliphatic carbocycles. The molecular weight excluding hydrogens is 184 g/mol. The summed E-state index contributed by atoms with van der Waals surface area (Å²) in [6, 6.07) is 1.28. The minimum Gasteiger partial charge on any atom is -0.478 e. The zero-order valence-electron chi connectivity index (χ0n) is 8.33. The third kappa shape index (κ3) is 1.84. The molecule has 1 heterocycles. The fourth-order valence-electron chi connectivity index (χ4n) is 0.994. The summed E-state index contributed by atoms with van der Waals surface area (Å²) in [5.74, 6) is -1.53. The third-order valence-electron chi connectivity index (χ3n) is 1.78. The van der Waals surface area contributed by atoms with Crippen LogP contribution in [0.15, 0.2) is 16.7 Å². The molecule has 14 heavy (non-hydrogen) atoms. The largest absolute Gasteiger partial charge is 0.478 e. The molecule has 76 valence electrons. The van der Waals surface area contributed by atoms with Crippen molar-refractivity contribution >= 4 is 11.8 Å². The van der Waals surface area contributed by atoms with Crippen molar-refractivity contribution in [2.45, 2.75) is 20.8 Å². The van der Waals surface area contributed by atoms with Crippen LogP contribution in [0, 0.1) is 5.41 Å². The van der Waals surface area contributed by atoms with E-state index < -0.39 is 11.4 Å². The molecule has 1 N–H and O–H groups in total. The first-order valence-corrected chi connectivity index (χ1v) is 4.19. The topological polar surface area (TPSA) is 67.5 Å². The molecule has 0 aromatic carbocycles. The van der Waals surface area contributed by atoms with Gasteiger partial charge in [0.1, 0.15) is 5.56 Å². The van der Waals surface area contributed by atoms with E-state index in [2.05, 4.69) is 0 Å². The number of hydrogen-bond acceptors (Lipinski definition) is 3. The van der Waals surface area contributed by atoms with Gasteiger partial charge in [-0.3, -0.25) is 4.79 Å². The number of rotatable bonds is 2. The maximum Gasteiger partial charge on any atom is 0.339 e. The highest BCUT2D eigenvalue weighted by Gasteiger charge is 2.29. The van der Waals surface area contributed by atoms with Crippen molar-refractivity contribution in [2.75, 3.05) is 0 Å². The number of ketones is 1. The van der Waals surface area contributed by atoms with Crippen molar-refractivity contribution in [3.8, 4) is 0 Å². The van der Waals surface area contributed by atoms with Gasteiger partial charge in [0.2, 0.25) is 5.78 Å². The molecule has 0 saturated heterocycles. The van der Waals surface area contributed by atoms with E-state index in [0.29, 0.717) is 0 Å². The Kier molecular flexibility index (Phi) is 2.47. The summed E-state index contributed by atoms with van der Waals surface area (Å²) < 4.78 is 4.88. The van der Waals surface area contributed by atoms with Crippen molar-refractivity contribution in [3.63, 3.8) is 0 Å². The van der Waals surface area contributed by atoms with Crippen LogP contribution >= 0.6 is 0 Å². The highest BCUT2D eigenvalue weighted by molar-refractivity contribution is 6.05. The summed E-state index contributed by atoms with van der Waals surface area (Å²) in [6.45, 7) is 5.14. The molecule has 0 radical (unpaired) electrons. The second-order valence-electron chi connectivity index (χ2n) is 4.05. The quantitative estimate of drug-likeness (QED) is 0.736. The zero-order chi connectivity index (χ0) is 10.9. The van der Waals surface area contributed by atoms with Crippen LogP contribution in [-0.2, 0) is 0 Å². The first kappa shape index (κ1) is 10.5. The van der Waals surface area contributed by atoms with Crippen molar-refractivity contribution in [3.05, 3.63) is 23.7 Å². The fourth-order valence-corrected chi connectivity index (χ4v) is 0.994. The molecule has 1 rings (SSSR count). The van der Waals surface area contributed by atoms with E-state index in [1.54, 1.807) is 20.8 Å². The van der Waals surface area contributed by atoms with Gasteiger partial charge in [0.05, 0.1) is 6.26 Å². The van der Waals surface area contributed by atoms with Crippen LogP contribution < -0.4 is 0 Å². The molecule has 4 heteroatoms. The Balaban J connectivity index is 3.14. The van der Waals surface area contributed by atoms with Gasteiger partial charge < -0.3 is 9.52 Å². The lowest BCUT2D eigenvalue weighted by atomic mass is 9.88. The van der Waals surface area contributed by atoms with Crippen LogP contribution in [-0.4, -0.2) is 16.9 Å². The number of carbonyl (C=O) groups is 2. The van der Waals surface area contributed by atoms with Gasteiger partial charge in [-0.25, -0.2) is 4.79 Å². The summed E-state index contributed by atoms with van der Waals surface area (Å²) >= 11 is 0. The van der Waals surface area contributed by atoms with Crippen LogP contribution in [0.3, 0.4) is 0 Å². The molecule has 0 spiro atoms. The number of Topliss-reactive ketones (excluding diaryl/α,β-unsaturated/α-hetero) is 1. The van der Waals surface area contributed by atoms with E-state index in [9.17, 15) is 9.59 Å².